The van der Waals surface area contributed by atoms with Crippen LogP contribution in [0.25, 0.3) is 0 Å². The Hall–Kier alpha value is -0.870. The number of piperazine rings is 1. The summed E-state index contributed by atoms with van der Waals surface area (Å²) < 4.78 is 0. The van der Waals surface area contributed by atoms with E-state index in [1.54, 1.807) is 11.3 Å². The average Bonchev–Trinajstić information content (AvgIpc) is 2.63. The van der Waals surface area contributed by atoms with Crippen LogP contribution >= 0.6 is 11.3 Å². The molecule has 1 aliphatic rings. The Bertz CT molecular complexity index is 337. The number of aryl methyl sites for hydroxylation is 1. The third-order valence-corrected chi connectivity index (χ3v) is 3.67. The molecular formula is C11H17N3S. The lowest BCUT2D eigenvalue weighted by Crippen LogP contribution is -2.41. The third kappa shape index (κ3) is 2.79. The van der Waals surface area contributed by atoms with Crippen molar-refractivity contribution in [3.63, 3.8) is 0 Å². The summed E-state index contributed by atoms with van der Waals surface area (Å²) in [6, 6.07) is 2.13. The van der Waals surface area contributed by atoms with Crippen molar-refractivity contribution in [2.24, 2.45) is 5.10 Å². The van der Waals surface area contributed by atoms with E-state index in [-0.39, 0.29) is 0 Å². The quantitative estimate of drug-likeness (QED) is 0.710. The number of nitrogens with zero attached hydrogens (tertiary/aromatic N) is 3. The van der Waals surface area contributed by atoms with Crippen LogP contribution in [0.15, 0.2) is 16.5 Å². The minimum atomic E-state index is 1.04. The van der Waals surface area contributed by atoms with E-state index in [1.165, 1.54) is 10.4 Å². The highest BCUT2D eigenvalue weighted by molar-refractivity contribution is 7.11. The van der Waals surface area contributed by atoms with Crippen LogP contribution in [0.1, 0.15) is 10.4 Å². The molecule has 0 bridgehead atoms. The molecule has 0 saturated carbocycles. The van der Waals surface area contributed by atoms with Crippen molar-refractivity contribution in [3.8, 4) is 0 Å². The Morgan fingerprint density at radius 1 is 1.33 bits per heavy atom. The Labute approximate surface area is 95.0 Å². The first-order chi connectivity index (χ1) is 7.25. The Morgan fingerprint density at radius 3 is 2.67 bits per heavy atom. The molecule has 1 saturated heterocycles. The Balaban J connectivity index is 1.92. The molecule has 1 aliphatic heterocycles. The zero-order chi connectivity index (χ0) is 10.7. The zero-order valence-electron chi connectivity index (χ0n) is 9.31. The predicted molar refractivity (Wildman–Crippen MR) is 65.7 cm³/mol. The fourth-order valence-corrected chi connectivity index (χ4v) is 2.34. The van der Waals surface area contributed by atoms with Crippen LogP contribution in [0.4, 0.5) is 0 Å². The highest BCUT2D eigenvalue weighted by atomic mass is 32.1. The lowest BCUT2D eigenvalue weighted by atomic mass is 10.3. The molecule has 0 amide bonds. The van der Waals surface area contributed by atoms with Crippen LogP contribution in [0, 0.1) is 6.92 Å². The smallest absolute Gasteiger partial charge is 0.0645 e. The summed E-state index contributed by atoms with van der Waals surface area (Å²) in [6.07, 6.45) is 1.99. The summed E-state index contributed by atoms with van der Waals surface area (Å²) in [6.45, 7) is 6.43. The van der Waals surface area contributed by atoms with Gasteiger partial charge in [-0.3, -0.25) is 5.01 Å². The number of thiophene rings is 1. The summed E-state index contributed by atoms with van der Waals surface area (Å²) in [5.74, 6) is 0. The molecular weight excluding hydrogens is 206 g/mol. The molecule has 0 aromatic carbocycles. The molecule has 0 aliphatic carbocycles. The molecule has 0 unspecified atom stereocenters. The molecule has 0 atom stereocenters. The molecule has 1 aromatic rings. The van der Waals surface area contributed by atoms with Gasteiger partial charge in [-0.15, -0.1) is 11.3 Å². The number of likely N-dealkylation sites (N-methyl/N-ethyl adjacent to an activating group) is 1. The van der Waals surface area contributed by atoms with E-state index >= 15 is 0 Å². The van der Waals surface area contributed by atoms with E-state index in [2.05, 4.69) is 40.4 Å². The standard InChI is InChI=1S/C11H17N3S/c1-10-3-8-15-11(10)9-12-14-6-4-13(2)5-7-14/h3,8-9H,4-7H2,1-2H3. The minimum absolute atomic E-state index is 1.04. The Morgan fingerprint density at radius 2 is 2.07 bits per heavy atom. The molecule has 82 valence electrons. The van der Waals surface area contributed by atoms with Crippen molar-refractivity contribution in [3.05, 3.63) is 21.9 Å². The molecule has 4 heteroatoms. The summed E-state index contributed by atoms with van der Waals surface area (Å²) in [5.41, 5.74) is 1.32. The van der Waals surface area contributed by atoms with Gasteiger partial charge in [-0.2, -0.15) is 5.10 Å². The van der Waals surface area contributed by atoms with Gasteiger partial charge in [-0.25, -0.2) is 0 Å². The number of hydrogen-bond donors (Lipinski definition) is 0. The van der Waals surface area contributed by atoms with Crippen LogP contribution in [0.3, 0.4) is 0 Å². The number of hydrogen-bond acceptors (Lipinski definition) is 4. The van der Waals surface area contributed by atoms with E-state index in [1.807, 2.05) is 6.21 Å². The molecule has 15 heavy (non-hydrogen) atoms. The first kappa shape index (κ1) is 10.6. The number of rotatable bonds is 2. The topological polar surface area (TPSA) is 18.8 Å². The summed E-state index contributed by atoms with van der Waals surface area (Å²) in [7, 11) is 2.16. The second kappa shape index (κ2) is 4.77. The summed E-state index contributed by atoms with van der Waals surface area (Å²) >= 11 is 1.75. The van der Waals surface area contributed by atoms with Gasteiger partial charge in [0.25, 0.3) is 0 Å². The van der Waals surface area contributed by atoms with Gasteiger partial charge in [0.15, 0.2) is 0 Å². The van der Waals surface area contributed by atoms with E-state index in [0.29, 0.717) is 0 Å². The molecule has 2 rings (SSSR count). The fraction of sp³-hybridized carbons (Fsp3) is 0.545. The van der Waals surface area contributed by atoms with Gasteiger partial charge in [0.05, 0.1) is 6.21 Å². The van der Waals surface area contributed by atoms with Crippen LogP contribution in [-0.2, 0) is 0 Å². The van der Waals surface area contributed by atoms with E-state index < -0.39 is 0 Å². The van der Waals surface area contributed by atoms with Crippen molar-refractivity contribution >= 4 is 17.6 Å². The van der Waals surface area contributed by atoms with Crippen molar-refractivity contribution in [1.29, 1.82) is 0 Å². The van der Waals surface area contributed by atoms with Crippen LogP contribution < -0.4 is 0 Å². The molecule has 0 N–H and O–H groups in total. The van der Waals surface area contributed by atoms with Crippen molar-refractivity contribution < 1.29 is 0 Å². The van der Waals surface area contributed by atoms with Crippen molar-refractivity contribution in [1.82, 2.24) is 9.91 Å². The van der Waals surface area contributed by atoms with Gasteiger partial charge in [0.2, 0.25) is 0 Å². The van der Waals surface area contributed by atoms with Crippen molar-refractivity contribution in [2.75, 3.05) is 33.2 Å². The minimum Gasteiger partial charge on any atom is -0.303 e. The van der Waals surface area contributed by atoms with Crippen LogP contribution in [0.2, 0.25) is 0 Å². The molecule has 0 radical (unpaired) electrons. The average molecular weight is 223 g/mol. The van der Waals surface area contributed by atoms with Gasteiger partial charge in [-0.1, -0.05) is 0 Å². The maximum Gasteiger partial charge on any atom is 0.0645 e. The zero-order valence-corrected chi connectivity index (χ0v) is 10.1. The Kier molecular flexibility index (Phi) is 3.38. The lowest BCUT2D eigenvalue weighted by Gasteiger charge is -2.30. The third-order valence-electron chi connectivity index (χ3n) is 2.72. The molecule has 0 spiro atoms. The monoisotopic (exact) mass is 223 g/mol. The lowest BCUT2D eigenvalue weighted by molar-refractivity contribution is 0.159. The van der Waals surface area contributed by atoms with Gasteiger partial charge in [0, 0.05) is 31.1 Å². The molecule has 3 nitrogen and oxygen atoms in total. The number of hydrazone groups is 1. The predicted octanol–water partition coefficient (Wildman–Crippen LogP) is 1.64. The highest BCUT2D eigenvalue weighted by Crippen LogP contribution is 2.13. The van der Waals surface area contributed by atoms with E-state index in [9.17, 15) is 0 Å². The highest BCUT2D eigenvalue weighted by Gasteiger charge is 2.10. The SMILES string of the molecule is Cc1ccsc1C=NN1CCN(C)CC1. The van der Waals surface area contributed by atoms with Gasteiger partial charge < -0.3 is 4.90 Å². The largest absolute Gasteiger partial charge is 0.303 e. The van der Waals surface area contributed by atoms with Gasteiger partial charge in [0.1, 0.15) is 0 Å². The van der Waals surface area contributed by atoms with E-state index in [0.717, 1.165) is 26.2 Å². The second-order valence-electron chi connectivity index (χ2n) is 3.97. The van der Waals surface area contributed by atoms with Crippen molar-refractivity contribution in [2.45, 2.75) is 6.92 Å². The van der Waals surface area contributed by atoms with Crippen LogP contribution in [-0.4, -0.2) is 49.4 Å². The maximum atomic E-state index is 4.51. The molecule has 1 aromatic heterocycles. The summed E-state index contributed by atoms with van der Waals surface area (Å²) in [5, 5.41) is 8.78. The van der Waals surface area contributed by atoms with Gasteiger partial charge >= 0.3 is 0 Å². The maximum absolute atomic E-state index is 4.51. The first-order valence-corrected chi connectivity index (χ1v) is 6.15. The molecule has 2 heterocycles. The fourth-order valence-electron chi connectivity index (χ4n) is 1.56. The summed E-state index contributed by atoms with van der Waals surface area (Å²) in [4.78, 5) is 3.61. The van der Waals surface area contributed by atoms with Crippen LogP contribution in [0.5, 0.6) is 0 Å². The van der Waals surface area contributed by atoms with Gasteiger partial charge in [-0.05, 0) is 31.0 Å². The first-order valence-electron chi connectivity index (χ1n) is 5.27. The second-order valence-corrected chi connectivity index (χ2v) is 4.92. The van der Waals surface area contributed by atoms with E-state index in [4.69, 9.17) is 0 Å². The normalized spacial score (nSPS) is 18.9. The molecule has 1 fully saturated rings.